The lowest BCUT2D eigenvalue weighted by molar-refractivity contribution is -0.144. The van der Waals surface area contributed by atoms with E-state index in [0.717, 1.165) is 0 Å². The molecule has 28 heavy (non-hydrogen) atoms. The fourth-order valence-corrected chi connectivity index (χ4v) is 2.27. The molecule has 0 bridgehead atoms. The summed E-state index contributed by atoms with van der Waals surface area (Å²) in [6, 6.07) is 8.96. The lowest BCUT2D eigenvalue weighted by atomic mass is 10.1. The van der Waals surface area contributed by atoms with Crippen molar-refractivity contribution >= 4 is 29.0 Å². The van der Waals surface area contributed by atoms with Gasteiger partial charge in [-0.25, -0.2) is 23.4 Å². The van der Waals surface area contributed by atoms with Gasteiger partial charge in [0.15, 0.2) is 11.8 Å². The van der Waals surface area contributed by atoms with E-state index < -0.39 is 29.6 Å². The molecule has 0 amide bonds. The van der Waals surface area contributed by atoms with Crippen LogP contribution in [0.25, 0.3) is 0 Å². The van der Waals surface area contributed by atoms with Crippen molar-refractivity contribution in [3.63, 3.8) is 0 Å². The van der Waals surface area contributed by atoms with E-state index in [1.54, 1.807) is 13.8 Å². The number of anilines is 1. The van der Waals surface area contributed by atoms with Crippen molar-refractivity contribution in [2.75, 3.05) is 18.5 Å². The molecule has 0 aliphatic rings. The summed E-state index contributed by atoms with van der Waals surface area (Å²) in [5, 5.41) is 2.81. The van der Waals surface area contributed by atoms with Crippen LogP contribution < -0.4 is 5.32 Å². The van der Waals surface area contributed by atoms with Crippen molar-refractivity contribution in [3.8, 4) is 0 Å². The Bertz CT molecular complexity index is 836. The summed E-state index contributed by atoms with van der Waals surface area (Å²) in [4.78, 5) is 29.1. The third-order valence-electron chi connectivity index (χ3n) is 3.51. The van der Waals surface area contributed by atoms with Gasteiger partial charge >= 0.3 is 11.9 Å². The van der Waals surface area contributed by atoms with Crippen molar-refractivity contribution in [1.82, 2.24) is 0 Å². The Morgan fingerprint density at radius 1 is 0.929 bits per heavy atom. The van der Waals surface area contributed by atoms with Gasteiger partial charge in [-0.1, -0.05) is 0 Å². The smallest absolute Gasteiger partial charge is 0.355 e. The topological polar surface area (TPSA) is 77.0 Å². The maximum atomic E-state index is 13.2. The molecule has 0 heterocycles. The Morgan fingerprint density at radius 3 is 2.00 bits per heavy atom. The van der Waals surface area contributed by atoms with Gasteiger partial charge in [0.2, 0.25) is 0 Å². The van der Waals surface area contributed by atoms with Gasteiger partial charge in [0.05, 0.1) is 18.9 Å². The number of ether oxygens (including phenoxy) is 2. The van der Waals surface area contributed by atoms with E-state index in [1.807, 2.05) is 0 Å². The van der Waals surface area contributed by atoms with Crippen LogP contribution in [0.3, 0.4) is 0 Å². The molecular formula is C20H20F2N2O4. The Morgan fingerprint density at radius 2 is 1.46 bits per heavy atom. The highest BCUT2D eigenvalue weighted by molar-refractivity contribution is 6.43. The van der Waals surface area contributed by atoms with Crippen LogP contribution in [-0.4, -0.2) is 36.9 Å². The molecule has 1 atom stereocenters. The number of nitrogens with one attached hydrogen (secondary N) is 1. The number of carbonyl (C=O) groups is 2. The molecule has 0 saturated heterocycles. The molecule has 1 unspecified atom stereocenters. The van der Waals surface area contributed by atoms with Crippen LogP contribution in [0.4, 0.5) is 20.2 Å². The summed E-state index contributed by atoms with van der Waals surface area (Å²) in [5.74, 6) is -2.52. The van der Waals surface area contributed by atoms with E-state index in [2.05, 4.69) is 10.3 Å². The molecule has 2 aromatic carbocycles. The van der Waals surface area contributed by atoms with Gasteiger partial charge in [-0.15, -0.1) is 0 Å². The highest BCUT2D eigenvalue weighted by Gasteiger charge is 2.32. The fraction of sp³-hybridized carbons (Fsp3) is 0.250. The maximum absolute atomic E-state index is 13.2. The van der Waals surface area contributed by atoms with Crippen LogP contribution in [0.1, 0.15) is 13.8 Å². The van der Waals surface area contributed by atoms with Crippen LogP contribution >= 0.6 is 0 Å². The molecule has 0 spiro atoms. The first-order chi connectivity index (χ1) is 13.4. The Hall–Kier alpha value is -3.29. The summed E-state index contributed by atoms with van der Waals surface area (Å²) >= 11 is 0. The van der Waals surface area contributed by atoms with E-state index in [4.69, 9.17) is 9.47 Å². The minimum Gasteiger partial charge on any atom is -0.464 e. The Balaban J connectivity index is 2.46. The van der Waals surface area contributed by atoms with E-state index in [-0.39, 0.29) is 24.6 Å². The molecule has 0 aliphatic carbocycles. The number of aliphatic imine (C=N–C) groups is 1. The van der Waals surface area contributed by atoms with Crippen molar-refractivity contribution in [2.45, 2.75) is 19.9 Å². The quantitative estimate of drug-likeness (QED) is 0.550. The number of rotatable bonds is 8. The second-order valence-electron chi connectivity index (χ2n) is 5.53. The number of benzene rings is 2. The molecule has 8 heteroatoms. The normalized spacial score (nSPS) is 12.2. The van der Waals surface area contributed by atoms with Gasteiger partial charge in [0.25, 0.3) is 0 Å². The molecule has 2 rings (SSSR count). The number of hydrogen-bond acceptors (Lipinski definition) is 6. The van der Waals surface area contributed by atoms with E-state index in [0.29, 0.717) is 5.69 Å². The van der Waals surface area contributed by atoms with Gasteiger partial charge in [0.1, 0.15) is 11.6 Å². The van der Waals surface area contributed by atoms with Crippen LogP contribution in [0.5, 0.6) is 0 Å². The Labute approximate surface area is 161 Å². The van der Waals surface area contributed by atoms with Crippen molar-refractivity contribution in [2.24, 2.45) is 4.99 Å². The van der Waals surface area contributed by atoms with E-state index >= 15 is 0 Å². The van der Waals surface area contributed by atoms with Gasteiger partial charge in [0, 0.05) is 5.69 Å². The molecule has 1 N–H and O–H groups in total. The summed E-state index contributed by atoms with van der Waals surface area (Å²) in [6.07, 6.45) is 0. The first-order valence-corrected chi connectivity index (χ1v) is 8.64. The Kier molecular flexibility index (Phi) is 7.62. The molecule has 0 aliphatic heterocycles. The third kappa shape index (κ3) is 5.87. The summed E-state index contributed by atoms with van der Waals surface area (Å²) in [6.45, 7) is 3.37. The minimum absolute atomic E-state index is 0.0629. The third-order valence-corrected chi connectivity index (χ3v) is 3.51. The van der Waals surface area contributed by atoms with Crippen LogP contribution in [-0.2, 0) is 19.1 Å². The molecule has 148 valence electrons. The molecule has 2 aromatic rings. The van der Waals surface area contributed by atoms with Crippen LogP contribution in [0, 0.1) is 11.6 Å². The van der Waals surface area contributed by atoms with Gasteiger partial charge in [-0.3, -0.25) is 0 Å². The molecule has 0 radical (unpaired) electrons. The molecule has 6 nitrogen and oxygen atoms in total. The zero-order chi connectivity index (χ0) is 20.5. The highest BCUT2D eigenvalue weighted by atomic mass is 19.1. The first-order valence-electron chi connectivity index (χ1n) is 8.64. The van der Waals surface area contributed by atoms with Crippen molar-refractivity contribution in [1.29, 1.82) is 0 Å². The number of nitrogens with zero attached hydrogens (tertiary/aromatic N) is 1. The predicted molar refractivity (Wildman–Crippen MR) is 101 cm³/mol. The summed E-state index contributed by atoms with van der Waals surface area (Å²) in [7, 11) is 0. The fourth-order valence-electron chi connectivity index (χ4n) is 2.27. The zero-order valence-corrected chi connectivity index (χ0v) is 15.4. The molecule has 0 saturated carbocycles. The molecule has 0 fully saturated rings. The minimum atomic E-state index is -1.31. The van der Waals surface area contributed by atoms with Gasteiger partial charge in [-0.05, 0) is 62.4 Å². The van der Waals surface area contributed by atoms with Crippen LogP contribution in [0.15, 0.2) is 53.5 Å². The number of carbonyl (C=O) groups excluding carboxylic acids is 2. The molecule has 0 aromatic heterocycles. The SMILES string of the molecule is CCOC(=O)C(=Nc1ccc(F)cc1)C(Nc1ccc(F)cc1)C(=O)OCC. The summed E-state index contributed by atoms with van der Waals surface area (Å²) in [5.41, 5.74) is 0.353. The number of esters is 2. The van der Waals surface area contributed by atoms with Crippen LogP contribution in [0.2, 0.25) is 0 Å². The van der Waals surface area contributed by atoms with Gasteiger partial charge in [-0.2, -0.15) is 0 Å². The summed E-state index contributed by atoms with van der Waals surface area (Å²) < 4.78 is 36.4. The average Bonchev–Trinajstić information content (AvgIpc) is 2.68. The monoisotopic (exact) mass is 390 g/mol. The van der Waals surface area contributed by atoms with Crippen molar-refractivity contribution in [3.05, 3.63) is 60.2 Å². The van der Waals surface area contributed by atoms with Gasteiger partial charge < -0.3 is 14.8 Å². The largest absolute Gasteiger partial charge is 0.464 e. The average molecular weight is 390 g/mol. The predicted octanol–water partition coefficient (Wildman–Crippen LogP) is 3.64. The highest BCUT2D eigenvalue weighted by Crippen LogP contribution is 2.17. The zero-order valence-electron chi connectivity index (χ0n) is 15.4. The maximum Gasteiger partial charge on any atom is 0.355 e. The lowest BCUT2D eigenvalue weighted by Crippen LogP contribution is -2.43. The number of halogens is 2. The standard InChI is InChI=1S/C20H20F2N2O4/c1-3-27-19(25)17(23-15-9-5-13(21)6-10-15)18(20(26)28-4-2)24-16-11-7-14(22)8-12-16/h5-12,17,23H,3-4H2,1-2H3. The lowest BCUT2D eigenvalue weighted by Gasteiger charge is -2.19. The first kappa shape index (κ1) is 21.0. The van der Waals surface area contributed by atoms with E-state index in [1.165, 1.54) is 48.5 Å². The second kappa shape index (κ2) is 10.1. The van der Waals surface area contributed by atoms with E-state index in [9.17, 15) is 18.4 Å². The van der Waals surface area contributed by atoms with Crippen molar-refractivity contribution < 1.29 is 27.8 Å². The number of hydrogen-bond donors (Lipinski definition) is 1. The second-order valence-corrected chi connectivity index (χ2v) is 5.53. The molecular weight excluding hydrogens is 370 g/mol.